The van der Waals surface area contributed by atoms with Gasteiger partial charge in [0, 0.05) is 37.7 Å². The van der Waals surface area contributed by atoms with Crippen LogP contribution in [-0.2, 0) is 6.54 Å². The van der Waals surface area contributed by atoms with Crippen LogP contribution in [0.25, 0.3) is 0 Å². The minimum atomic E-state index is 0.567. The number of hydrogen-bond acceptors (Lipinski definition) is 3. The molecule has 2 aromatic heterocycles. The second kappa shape index (κ2) is 5.75. The van der Waals surface area contributed by atoms with Crippen molar-refractivity contribution in [3.63, 3.8) is 0 Å². The van der Waals surface area contributed by atoms with Crippen LogP contribution in [0.4, 0.5) is 0 Å². The van der Waals surface area contributed by atoms with Gasteiger partial charge in [-0.2, -0.15) is 5.10 Å². The molecule has 106 valence electrons. The average Bonchev–Trinajstić information content (AvgIpc) is 2.80. The van der Waals surface area contributed by atoms with Crippen molar-refractivity contribution in [1.29, 1.82) is 0 Å². The van der Waals surface area contributed by atoms with Crippen LogP contribution in [0.3, 0.4) is 0 Å². The van der Waals surface area contributed by atoms with Gasteiger partial charge in [0.2, 0.25) is 0 Å². The lowest BCUT2D eigenvalue weighted by atomic mass is 10.0. The molecule has 4 nitrogen and oxygen atoms in total. The zero-order valence-corrected chi connectivity index (χ0v) is 12.3. The maximum atomic E-state index is 4.63. The third kappa shape index (κ3) is 2.90. The molecule has 1 aliphatic rings. The summed E-state index contributed by atoms with van der Waals surface area (Å²) < 4.78 is 2.22. The van der Waals surface area contributed by atoms with E-state index in [2.05, 4.69) is 51.7 Å². The number of pyridine rings is 1. The molecule has 1 saturated heterocycles. The lowest BCUT2D eigenvalue weighted by Crippen LogP contribution is -2.34. The number of nitrogens with zero attached hydrogens (tertiary/aromatic N) is 4. The van der Waals surface area contributed by atoms with E-state index in [4.69, 9.17) is 0 Å². The Morgan fingerprint density at radius 2 is 1.85 bits per heavy atom. The minimum Gasteiger partial charge on any atom is -0.299 e. The summed E-state index contributed by atoms with van der Waals surface area (Å²) in [5.74, 6) is 0. The van der Waals surface area contributed by atoms with E-state index >= 15 is 0 Å². The molecule has 0 unspecified atom stereocenters. The van der Waals surface area contributed by atoms with E-state index in [9.17, 15) is 0 Å². The quantitative estimate of drug-likeness (QED) is 0.860. The molecular weight excluding hydrogens is 248 g/mol. The van der Waals surface area contributed by atoms with Gasteiger partial charge in [0.05, 0.1) is 11.7 Å². The van der Waals surface area contributed by atoms with Crippen molar-refractivity contribution in [2.75, 3.05) is 13.1 Å². The standard InChI is InChI=1S/C16H22N4/c1-13-11-14(2)20(18-13)16-5-9-19(10-6-16)12-15-3-7-17-8-4-15/h3-4,7-8,11,16H,5-6,9-10,12H2,1-2H3. The zero-order valence-electron chi connectivity index (χ0n) is 12.3. The highest BCUT2D eigenvalue weighted by molar-refractivity contribution is 5.10. The van der Waals surface area contributed by atoms with E-state index in [1.54, 1.807) is 0 Å². The monoisotopic (exact) mass is 270 g/mol. The van der Waals surface area contributed by atoms with E-state index in [0.29, 0.717) is 6.04 Å². The Kier molecular flexibility index (Phi) is 3.83. The fourth-order valence-corrected chi connectivity index (χ4v) is 3.08. The summed E-state index contributed by atoms with van der Waals surface area (Å²) >= 11 is 0. The molecule has 0 bridgehead atoms. The number of hydrogen-bond donors (Lipinski definition) is 0. The maximum absolute atomic E-state index is 4.63. The van der Waals surface area contributed by atoms with Crippen LogP contribution in [0.1, 0.15) is 35.8 Å². The van der Waals surface area contributed by atoms with Crippen molar-refractivity contribution in [2.45, 2.75) is 39.3 Å². The summed E-state index contributed by atoms with van der Waals surface area (Å²) in [7, 11) is 0. The summed E-state index contributed by atoms with van der Waals surface area (Å²) in [5, 5.41) is 4.63. The normalized spacial score (nSPS) is 17.5. The molecule has 3 heterocycles. The topological polar surface area (TPSA) is 34.0 Å². The first-order valence-electron chi connectivity index (χ1n) is 7.36. The molecule has 0 saturated carbocycles. The number of aryl methyl sites for hydroxylation is 2. The molecule has 20 heavy (non-hydrogen) atoms. The van der Waals surface area contributed by atoms with Crippen molar-refractivity contribution >= 4 is 0 Å². The molecule has 0 amide bonds. The highest BCUT2D eigenvalue weighted by atomic mass is 15.3. The van der Waals surface area contributed by atoms with Crippen LogP contribution < -0.4 is 0 Å². The van der Waals surface area contributed by atoms with E-state index in [1.165, 1.54) is 24.1 Å². The molecule has 2 aromatic rings. The summed E-state index contributed by atoms with van der Waals surface area (Å²) in [6, 6.07) is 6.95. The van der Waals surface area contributed by atoms with Gasteiger partial charge in [-0.15, -0.1) is 0 Å². The number of piperidine rings is 1. The molecule has 0 aromatic carbocycles. The third-order valence-electron chi connectivity index (χ3n) is 4.10. The number of aromatic nitrogens is 3. The second-order valence-corrected chi connectivity index (χ2v) is 5.73. The zero-order chi connectivity index (χ0) is 13.9. The Hall–Kier alpha value is -1.68. The van der Waals surface area contributed by atoms with Crippen molar-refractivity contribution in [3.05, 3.63) is 47.5 Å². The maximum Gasteiger partial charge on any atom is 0.0596 e. The van der Waals surface area contributed by atoms with E-state index in [-0.39, 0.29) is 0 Å². The van der Waals surface area contributed by atoms with Gasteiger partial charge in [-0.05, 0) is 50.5 Å². The Bertz CT molecular complexity index is 553. The van der Waals surface area contributed by atoms with Crippen molar-refractivity contribution < 1.29 is 0 Å². The molecule has 0 radical (unpaired) electrons. The molecule has 3 rings (SSSR count). The van der Waals surface area contributed by atoms with Gasteiger partial charge in [0.25, 0.3) is 0 Å². The Labute approximate surface area is 120 Å². The van der Waals surface area contributed by atoms with Gasteiger partial charge < -0.3 is 0 Å². The molecule has 0 N–H and O–H groups in total. The SMILES string of the molecule is Cc1cc(C)n(C2CCN(Cc3ccncc3)CC2)n1. The first-order chi connectivity index (χ1) is 9.72. The van der Waals surface area contributed by atoms with Crippen LogP contribution in [0.5, 0.6) is 0 Å². The van der Waals surface area contributed by atoms with Crippen LogP contribution in [0, 0.1) is 13.8 Å². The average molecular weight is 270 g/mol. The molecule has 0 atom stereocenters. The minimum absolute atomic E-state index is 0.567. The summed E-state index contributed by atoms with van der Waals surface area (Å²) in [6.07, 6.45) is 6.12. The largest absolute Gasteiger partial charge is 0.299 e. The Morgan fingerprint density at radius 1 is 1.15 bits per heavy atom. The van der Waals surface area contributed by atoms with Crippen LogP contribution in [0.2, 0.25) is 0 Å². The van der Waals surface area contributed by atoms with Gasteiger partial charge in [0.1, 0.15) is 0 Å². The third-order valence-corrected chi connectivity index (χ3v) is 4.10. The molecule has 0 aliphatic carbocycles. The predicted octanol–water partition coefficient (Wildman–Crippen LogP) is 2.73. The van der Waals surface area contributed by atoms with E-state index < -0.39 is 0 Å². The lowest BCUT2D eigenvalue weighted by Gasteiger charge is -2.32. The van der Waals surface area contributed by atoms with Gasteiger partial charge >= 0.3 is 0 Å². The first kappa shape index (κ1) is 13.3. The second-order valence-electron chi connectivity index (χ2n) is 5.73. The summed E-state index contributed by atoms with van der Waals surface area (Å²) in [6.45, 7) is 7.55. The highest BCUT2D eigenvalue weighted by Crippen LogP contribution is 2.24. The predicted molar refractivity (Wildman–Crippen MR) is 79.5 cm³/mol. The van der Waals surface area contributed by atoms with Gasteiger partial charge in [0.15, 0.2) is 0 Å². The van der Waals surface area contributed by atoms with E-state index in [1.807, 2.05) is 12.4 Å². The first-order valence-corrected chi connectivity index (χ1v) is 7.36. The Balaban J connectivity index is 1.58. The van der Waals surface area contributed by atoms with Crippen LogP contribution >= 0.6 is 0 Å². The smallest absolute Gasteiger partial charge is 0.0596 e. The van der Waals surface area contributed by atoms with Gasteiger partial charge in [-0.25, -0.2) is 0 Å². The van der Waals surface area contributed by atoms with Crippen LogP contribution in [-0.4, -0.2) is 32.8 Å². The van der Waals surface area contributed by atoms with Gasteiger partial charge in [-0.3, -0.25) is 14.6 Å². The van der Waals surface area contributed by atoms with Gasteiger partial charge in [-0.1, -0.05) is 0 Å². The fourth-order valence-electron chi connectivity index (χ4n) is 3.08. The number of likely N-dealkylation sites (tertiary alicyclic amines) is 1. The summed E-state index contributed by atoms with van der Waals surface area (Å²) in [4.78, 5) is 6.60. The lowest BCUT2D eigenvalue weighted by molar-refractivity contribution is 0.172. The molecule has 0 spiro atoms. The fraction of sp³-hybridized carbons (Fsp3) is 0.500. The van der Waals surface area contributed by atoms with Crippen molar-refractivity contribution in [1.82, 2.24) is 19.7 Å². The molecule has 1 aliphatic heterocycles. The van der Waals surface area contributed by atoms with Crippen LogP contribution in [0.15, 0.2) is 30.6 Å². The molecule has 1 fully saturated rings. The number of rotatable bonds is 3. The molecule has 4 heteroatoms. The van der Waals surface area contributed by atoms with Crippen molar-refractivity contribution in [3.8, 4) is 0 Å². The van der Waals surface area contributed by atoms with Crippen molar-refractivity contribution in [2.24, 2.45) is 0 Å². The van der Waals surface area contributed by atoms with E-state index in [0.717, 1.165) is 25.3 Å². The Morgan fingerprint density at radius 3 is 2.45 bits per heavy atom. The molecular formula is C16H22N4. The summed E-state index contributed by atoms with van der Waals surface area (Å²) in [5.41, 5.74) is 3.77. The highest BCUT2D eigenvalue weighted by Gasteiger charge is 2.22.